The Labute approximate surface area is 215 Å². The Bertz CT molecular complexity index is 1230. The number of hydrogen-bond acceptors (Lipinski definition) is 9. The number of piperazine rings is 1. The summed E-state index contributed by atoms with van der Waals surface area (Å²) in [4.78, 5) is 33.2. The summed E-state index contributed by atoms with van der Waals surface area (Å²) in [6.07, 6.45) is -4.54. The Kier molecular flexibility index (Phi) is 8.13. The molecule has 1 aliphatic heterocycles. The molecule has 0 atom stereocenters. The first-order valence-corrected chi connectivity index (χ1v) is 12.4. The molecule has 0 radical (unpaired) electrons. The highest BCUT2D eigenvalue weighted by atomic mass is 32.1. The van der Waals surface area contributed by atoms with Crippen LogP contribution in [0, 0.1) is 6.92 Å². The fraction of sp³-hybridized carbons (Fsp3) is 0.417. The summed E-state index contributed by atoms with van der Waals surface area (Å²) < 4.78 is 49.9. The number of ether oxygens (including phenoxy) is 2. The van der Waals surface area contributed by atoms with Crippen LogP contribution in [0.25, 0.3) is 0 Å². The number of halogens is 3. The van der Waals surface area contributed by atoms with Crippen LogP contribution in [0.3, 0.4) is 0 Å². The molecule has 3 aromatic rings. The van der Waals surface area contributed by atoms with Crippen LogP contribution in [0.5, 0.6) is 5.75 Å². The first-order chi connectivity index (χ1) is 17.6. The number of aromatic nitrogens is 3. The lowest BCUT2D eigenvalue weighted by Gasteiger charge is -2.34. The summed E-state index contributed by atoms with van der Waals surface area (Å²) in [5.74, 6) is -0.158. The fourth-order valence-electron chi connectivity index (χ4n) is 3.83. The smallest absolute Gasteiger partial charge is 0.435 e. The van der Waals surface area contributed by atoms with Gasteiger partial charge in [-0.25, -0.2) is 9.67 Å². The van der Waals surface area contributed by atoms with Gasteiger partial charge >= 0.3 is 12.1 Å². The molecule has 4 rings (SSSR count). The first kappa shape index (κ1) is 26.6. The van der Waals surface area contributed by atoms with Gasteiger partial charge in [0.2, 0.25) is 0 Å². The fourth-order valence-corrected chi connectivity index (χ4v) is 4.71. The average molecular weight is 538 g/mol. The molecule has 1 saturated heterocycles. The minimum atomic E-state index is -4.60. The number of benzene rings is 1. The summed E-state index contributed by atoms with van der Waals surface area (Å²) in [6, 6.07) is 8.12. The van der Waals surface area contributed by atoms with E-state index in [0.29, 0.717) is 31.9 Å². The van der Waals surface area contributed by atoms with Gasteiger partial charge in [0.15, 0.2) is 10.8 Å². The number of anilines is 1. The molecule has 2 aromatic heterocycles. The summed E-state index contributed by atoms with van der Waals surface area (Å²) in [6.45, 7) is 3.82. The van der Waals surface area contributed by atoms with Gasteiger partial charge in [-0.05, 0) is 30.7 Å². The van der Waals surface area contributed by atoms with Crippen LogP contribution in [-0.4, -0.2) is 71.4 Å². The Morgan fingerprint density at radius 2 is 1.81 bits per heavy atom. The quantitative estimate of drug-likeness (QED) is 0.404. The molecule has 1 fully saturated rings. The lowest BCUT2D eigenvalue weighted by molar-refractivity contribution is -0.144. The van der Waals surface area contributed by atoms with Gasteiger partial charge in [0.05, 0.1) is 25.8 Å². The minimum Gasteiger partial charge on any atom is -0.497 e. The Morgan fingerprint density at radius 3 is 2.43 bits per heavy atom. The molecule has 0 bridgehead atoms. The number of nitrogens with zero attached hydrogens (tertiary/aromatic N) is 5. The van der Waals surface area contributed by atoms with Crippen molar-refractivity contribution in [3.63, 3.8) is 0 Å². The normalized spacial score (nSPS) is 14.6. The predicted molar refractivity (Wildman–Crippen MR) is 130 cm³/mol. The number of thiazole rings is 1. The largest absolute Gasteiger partial charge is 0.497 e. The van der Waals surface area contributed by atoms with Crippen molar-refractivity contribution in [2.24, 2.45) is 0 Å². The molecular formula is C24H26F3N5O4S. The first-order valence-electron chi connectivity index (χ1n) is 11.5. The molecular weight excluding hydrogens is 511 g/mol. The molecule has 0 N–H and O–H groups in total. The average Bonchev–Trinajstić information content (AvgIpc) is 3.50. The molecule has 13 heteroatoms. The molecule has 0 spiro atoms. The van der Waals surface area contributed by atoms with Crippen LogP contribution < -0.4 is 9.64 Å². The van der Waals surface area contributed by atoms with E-state index in [1.807, 2.05) is 22.4 Å². The van der Waals surface area contributed by atoms with Crippen molar-refractivity contribution in [1.29, 1.82) is 0 Å². The van der Waals surface area contributed by atoms with Crippen LogP contribution >= 0.6 is 11.3 Å². The van der Waals surface area contributed by atoms with E-state index in [4.69, 9.17) is 9.47 Å². The summed E-state index contributed by atoms with van der Waals surface area (Å²) >= 11 is 1.42. The third-order valence-electron chi connectivity index (χ3n) is 5.84. The zero-order valence-corrected chi connectivity index (χ0v) is 21.1. The molecule has 0 saturated carbocycles. The highest BCUT2D eigenvalue weighted by Gasteiger charge is 2.35. The number of hydrogen-bond donors (Lipinski definition) is 0. The standard InChI is InChI=1S/C24H26F3N5O4S/c1-16-11-20(24(25,26)27)29-32(16)21(33)13-30-7-9-31(10-8-30)23-28-18(15-37-23)12-22(34)36-14-17-3-5-19(35-2)6-4-17/h3-6,11,15H,7-10,12-14H2,1-2H3. The van der Waals surface area contributed by atoms with E-state index >= 15 is 0 Å². The van der Waals surface area contributed by atoms with Crippen molar-refractivity contribution in [3.05, 3.63) is 58.4 Å². The molecule has 1 aromatic carbocycles. The van der Waals surface area contributed by atoms with Crippen LogP contribution in [0.15, 0.2) is 35.7 Å². The van der Waals surface area contributed by atoms with Gasteiger partial charge in [-0.1, -0.05) is 12.1 Å². The Morgan fingerprint density at radius 1 is 1.11 bits per heavy atom. The summed E-state index contributed by atoms with van der Waals surface area (Å²) in [5, 5.41) is 6.01. The molecule has 198 valence electrons. The van der Waals surface area contributed by atoms with Gasteiger partial charge in [0.1, 0.15) is 12.4 Å². The number of rotatable bonds is 8. The Balaban J connectivity index is 1.23. The monoisotopic (exact) mass is 537 g/mol. The number of methoxy groups -OCH3 is 1. The van der Waals surface area contributed by atoms with Gasteiger partial charge in [-0.15, -0.1) is 11.3 Å². The van der Waals surface area contributed by atoms with Gasteiger partial charge < -0.3 is 14.4 Å². The van der Waals surface area contributed by atoms with E-state index in [0.717, 1.165) is 27.2 Å². The third-order valence-corrected chi connectivity index (χ3v) is 6.79. The van der Waals surface area contributed by atoms with Crippen LogP contribution in [-0.2, 0) is 28.7 Å². The summed E-state index contributed by atoms with van der Waals surface area (Å²) in [5.41, 5.74) is 0.543. The van der Waals surface area contributed by atoms with Crippen molar-refractivity contribution in [3.8, 4) is 5.75 Å². The lowest BCUT2D eigenvalue weighted by atomic mass is 10.2. The minimum absolute atomic E-state index is 0.0309. The second-order valence-electron chi connectivity index (χ2n) is 8.54. The van der Waals surface area contributed by atoms with Gasteiger partial charge in [0.25, 0.3) is 5.91 Å². The molecule has 0 aliphatic carbocycles. The highest BCUT2D eigenvalue weighted by Crippen LogP contribution is 2.28. The van der Waals surface area contributed by atoms with E-state index in [1.165, 1.54) is 18.3 Å². The number of alkyl halides is 3. The van der Waals surface area contributed by atoms with E-state index in [-0.39, 0.29) is 31.2 Å². The highest BCUT2D eigenvalue weighted by molar-refractivity contribution is 7.13. The SMILES string of the molecule is COc1ccc(COC(=O)Cc2csc(N3CCN(CC(=O)n4nc(C(F)(F)F)cc4C)CC3)n2)cc1. The van der Waals surface area contributed by atoms with Crippen LogP contribution in [0.4, 0.5) is 18.3 Å². The number of carbonyl (C=O) groups excluding carboxylic acids is 2. The van der Waals surface area contributed by atoms with Crippen molar-refractivity contribution in [2.75, 3.05) is 44.7 Å². The zero-order chi connectivity index (χ0) is 26.6. The number of esters is 1. The topological polar surface area (TPSA) is 89.8 Å². The maximum atomic E-state index is 12.9. The molecule has 3 heterocycles. The maximum Gasteiger partial charge on any atom is 0.435 e. The Hall–Kier alpha value is -3.45. The van der Waals surface area contributed by atoms with Crippen LogP contribution in [0.2, 0.25) is 0 Å². The van der Waals surface area contributed by atoms with E-state index in [1.54, 1.807) is 19.2 Å². The molecule has 0 amide bonds. The van der Waals surface area contributed by atoms with E-state index < -0.39 is 17.8 Å². The van der Waals surface area contributed by atoms with Crippen molar-refractivity contribution in [2.45, 2.75) is 26.1 Å². The van der Waals surface area contributed by atoms with Crippen molar-refractivity contribution < 1.29 is 32.2 Å². The number of aryl methyl sites for hydroxylation is 1. The lowest BCUT2D eigenvalue weighted by Crippen LogP contribution is -2.48. The summed E-state index contributed by atoms with van der Waals surface area (Å²) in [7, 11) is 1.58. The zero-order valence-electron chi connectivity index (χ0n) is 20.3. The van der Waals surface area contributed by atoms with E-state index in [2.05, 4.69) is 15.0 Å². The van der Waals surface area contributed by atoms with Gasteiger partial charge in [-0.2, -0.15) is 18.3 Å². The van der Waals surface area contributed by atoms with E-state index in [9.17, 15) is 22.8 Å². The van der Waals surface area contributed by atoms with Gasteiger partial charge in [-0.3, -0.25) is 14.5 Å². The second kappa shape index (κ2) is 11.3. The van der Waals surface area contributed by atoms with Gasteiger partial charge in [0, 0.05) is 37.3 Å². The van der Waals surface area contributed by atoms with Crippen molar-refractivity contribution in [1.82, 2.24) is 19.7 Å². The molecule has 37 heavy (non-hydrogen) atoms. The molecule has 0 unspecified atom stereocenters. The molecule has 9 nitrogen and oxygen atoms in total. The predicted octanol–water partition coefficient (Wildman–Crippen LogP) is 3.42. The van der Waals surface area contributed by atoms with Crippen LogP contribution in [0.1, 0.15) is 27.4 Å². The number of carbonyl (C=O) groups is 2. The maximum absolute atomic E-state index is 12.9. The second-order valence-corrected chi connectivity index (χ2v) is 9.38. The molecule has 1 aliphatic rings. The van der Waals surface area contributed by atoms with Crippen molar-refractivity contribution >= 4 is 28.3 Å². The third kappa shape index (κ3) is 6.86.